The summed E-state index contributed by atoms with van der Waals surface area (Å²) in [5.41, 5.74) is 4.79. The number of oxime groups is 1. The fourth-order valence-electron chi connectivity index (χ4n) is 0.591. The Morgan fingerprint density at radius 3 is 2.62 bits per heavy atom. The first-order valence-electron chi connectivity index (χ1n) is 3.74. The van der Waals surface area contributed by atoms with Crippen molar-refractivity contribution in [3.05, 3.63) is 0 Å². The largest absolute Gasteiger partial charge is 0.453 e. The van der Waals surface area contributed by atoms with Gasteiger partial charge in [-0.15, -0.1) is 0 Å². The van der Waals surface area contributed by atoms with E-state index in [0.29, 0.717) is 0 Å². The molecule has 0 atom stereocenters. The molecule has 76 valence electrons. The maximum Gasteiger partial charge on any atom is 0.406 e. The number of carbonyl (C=O) groups is 1. The molecule has 0 fully saturated rings. The SMILES string of the molecule is COC(=O)NCC(C)(C)C(N)=NO. The van der Waals surface area contributed by atoms with Crippen LogP contribution < -0.4 is 11.1 Å². The number of carbonyl (C=O) groups excluding carboxylic acids is 1. The number of hydrogen-bond donors (Lipinski definition) is 3. The lowest BCUT2D eigenvalue weighted by atomic mass is 9.92. The van der Waals surface area contributed by atoms with E-state index in [1.807, 2.05) is 0 Å². The summed E-state index contributed by atoms with van der Waals surface area (Å²) in [5.74, 6) is 0.0592. The van der Waals surface area contributed by atoms with Crippen LogP contribution in [0.5, 0.6) is 0 Å². The zero-order chi connectivity index (χ0) is 10.5. The average Bonchev–Trinajstić information content (AvgIpc) is 2.12. The van der Waals surface area contributed by atoms with Crippen LogP contribution in [-0.4, -0.2) is 30.8 Å². The minimum absolute atomic E-state index is 0.0592. The number of hydrogen-bond acceptors (Lipinski definition) is 4. The van der Waals surface area contributed by atoms with Crippen molar-refractivity contribution < 1.29 is 14.7 Å². The third-order valence-corrected chi connectivity index (χ3v) is 1.66. The van der Waals surface area contributed by atoms with Crippen molar-refractivity contribution in [2.75, 3.05) is 13.7 Å². The van der Waals surface area contributed by atoms with Gasteiger partial charge in [-0.1, -0.05) is 19.0 Å². The first-order valence-corrected chi connectivity index (χ1v) is 3.74. The molecule has 0 aliphatic heterocycles. The highest BCUT2D eigenvalue weighted by molar-refractivity contribution is 5.85. The van der Waals surface area contributed by atoms with Crippen LogP contribution in [0, 0.1) is 5.41 Å². The summed E-state index contributed by atoms with van der Waals surface area (Å²) in [6, 6.07) is 0. The van der Waals surface area contributed by atoms with Crippen molar-refractivity contribution in [1.29, 1.82) is 0 Å². The Bertz CT molecular complexity index is 213. The molecule has 0 aliphatic carbocycles. The molecule has 0 bridgehead atoms. The van der Waals surface area contributed by atoms with Gasteiger partial charge in [0, 0.05) is 12.0 Å². The molecule has 1 amide bonds. The summed E-state index contributed by atoms with van der Waals surface area (Å²) < 4.78 is 4.37. The maximum atomic E-state index is 10.7. The van der Waals surface area contributed by atoms with Crippen molar-refractivity contribution in [2.24, 2.45) is 16.3 Å². The van der Waals surface area contributed by atoms with Crippen molar-refractivity contribution in [2.45, 2.75) is 13.8 Å². The van der Waals surface area contributed by atoms with E-state index in [0.717, 1.165) is 0 Å². The van der Waals surface area contributed by atoms with Crippen LogP contribution in [0.4, 0.5) is 4.79 Å². The molecule has 0 saturated heterocycles. The fourth-order valence-corrected chi connectivity index (χ4v) is 0.591. The number of amidine groups is 1. The van der Waals surface area contributed by atoms with Crippen LogP contribution in [0.15, 0.2) is 5.16 Å². The predicted octanol–water partition coefficient (Wildman–Crippen LogP) is 0.115. The van der Waals surface area contributed by atoms with Crippen molar-refractivity contribution >= 4 is 11.9 Å². The Balaban J connectivity index is 4.11. The molecule has 0 aromatic carbocycles. The Labute approximate surface area is 76.7 Å². The molecule has 0 saturated carbocycles. The molecule has 0 radical (unpaired) electrons. The van der Waals surface area contributed by atoms with Crippen LogP contribution in [0.3, 0.4) is 0 Å². The molecule has 4 N–H and O–H groups in total. The van der Waals surface area contributed by atoms with E-state index < -0.39 is 11.5 Å². The highest BCUT2D eigenvalue weighted by Gasteiger charge is 2.24. The topological polar surface area (TPSA) is 96.9 Å². The Kier molecular flexibility index (Phi) is 4.03. The van der Waals surface area contributed by atoms with Gasteiger partial charge in [0.05, 0.1) is 7.11 Å². The second-order valence-electron chi connectivity index (χ2n) is 3.21. The van der Waals surface area contributed by atoms with E-state index in [-0.39, 0.29) is 12.4 Å². The molecule has 0 heterocycles. The van der Waals surface area contributed by atoms with Crippen LogP contribution in [-0.2, 0) is 4.74 Å². The lowest BCUT2D eigenvalue weighted by molar-refractivity contribution is 0.168. The number of nitrogens with zero attached hydrogens (tertiary/aromatic N) is 1. The number of methoxy groups -OCH3 is 1. The Hall–Kier alpha value is -1.46. The summed E-state index contributed by atoms with van der Waals surface area (Å²) >= 11 is 0. The number of alkyl carbamates (subject to hydrolysis) is 1. The first kappa shape index (κ1) is 11.5. The molecule has 0 rings (SSSR count). The van der Waals surface area contributed by atoms with E-state index in [4.69, 9.17) is 10.9 Å². The fraction of sp³-hybridized carbons (Fsp3) is 0.714. The van der Waals surface area contributed by atoms with Crippen LogP contribution >= 0.6 is 0 Å². The highest BCUT2D eigenvalue weighted by Crippen LogP contribution is 2.12. The predicted molar refractivity (Wildman–Crippen MR) is 47.6 cm³/mol. The zero-order valence-electron chi connectivity index (χ0n) is 8.00. The van der Waals surface area contributed by atoms with E-state index in [2.05, 4.69) is 15.2 Å². The minimum atomic E-state index is -0.594. The third-order valence-electron chi connectivity index (χ3n) is 1.66. The smallest absolute Gasteiger partial charge is 0.406 e. The molecule has 0 unspecified atom stereocenters. The molecular formula is C7H15N3O3. The molecule has 0 aliphatic rings. The van der Waals surface area contributed by atoms with Gasteiger partial charge in [0.25, 0.3) is 0 Å². The summed E-state index contributed by atoms with van der Waals surface area (Å²) in [4.78, 5) is 10.7. The van der Waals surface area contributed by atoms with Gasteiger partial charge < -0.3 is 21.0 Å². The van der Waals surface area contributed by atoms with Crippen molar-refractivity contribution in [3.8, 4) is 0 Å². The molecule has 6 nitrogen and oxygen atoms in total. The van der Waals surface area contributed by atoms with Gasteiger partial charge in [-0.3, -0.25) is 0 Å². The van der Waals surface area contributed by atoms with Gasteiger partial charge in [0.15, 0.2) is 0 Å². The van der Waals surface area contributed by atoms with Gasteiger partial charge in [-0.05, 0) is 0 Å². The quantitative estimate of drug-likeness (QED) is 0.254. The normalized spacial score (nSPS) is 12.4. The summed E-state index contributed by atoms with van der Waals surface area (Å²) in [5, 5.41) is 13.7. The van der Waals surface area contributed by atoms with Gasteiger partial charge in [0.1, 0.15) is 5.84 Å². The van der Waals surface area contributed by atoms with Gasteiger partial charge >= 0.3 is 6.09 Å². The molecule has 13 heavy (non-hydrogen) atoms. The third kappa shape index (κ3) is 3.64. The van der Waals surface area contributed by atoms with Crippen molar-refractivity contribution in [3.63, 3.8) is 0 Å². The molecule has 0 spiro atoms. The zero-order valence-corrected chi connectivity index (χ0v) is 8.00. The second-order valence-corrected chi connectivity index (χ2v) is 3.21. The van der Waals surface area contributed by atoms with Crippen molar-refractivity contribution in [1.82, 2.24) is 5.32 Å². The number of ether oxygens (including phenoxy) is 1. The van der Waals surface area contributed by atoms with E-state index in [9.17, 15) is 4.79 Å². The lowest BCUT2D eigenvalue weighted by Gasteiger charge is -2.22. The standard InChI is InChI=1S/C7H15N3O3/c1-7(2,5(8)10-12)4-9-6(11)13-3/h12H,4H2,1-3H3,(H2,8,10)(H,9,11). The first-order chi connectivity index (χ1) is 5.94. The summed E-state index contributed by atoms with van der Waals surface area (Å²) in [7, 11) is 1.27. The van der Waals surface area contributed by atoms with Gasteiger partial charge in [0.2, 0.25) is 0 Å². The van der Waals surface area contributed by atoms with E-state index in [1.54, 1.807) is 13.8 Å². The van der Waals surface area contributed by atoms with Crippen LogP contribution in [0.25, 0.3) is 0 Å². The van der Waals surface area contributed by atoms with E-state index >= 15 is 0 Å². The summed E-state index contributed by atoms with van der Waals surface area (Å²) in [6.07, 6.45) is -0.543. The van der Waals surface area contributed by atoms with Gasteiger partial charge in [-0.2, -0.15) is 0 Å². The van der Waals surface area contributed by atoms with Crippen LogP contribution in [0.1, 0.15) is 13.8 Å². The molecular weight excluding hydrogens is 174 g/mol. The summed E-state index contributed by atoms with van der Waals surface area (Å²) in [6.45, 7) is 3.71. The number of rotatable bonds is 3. The Morgan fingerprint density at radius 2 is 2.23 bits per heavy atom. The monoisotopic (exact) mass is 189 g/mol. The maximum absolute atomic E-state index is 10.7. The molecule has 6 heteroatoms. The molecule has 0 aromatic rings. The number of amides is 1. The van der Waals surface area contributed by atoms with Gasteiger partial charge in [-0.25, -0.2) is 4.79 Å². The van der Waals surface area contributed by atoms with E-state index in [1.165, 1.54) is 7.11 Å². The second kappa shape index (κ2) is 4.54. The van der Waals surface area contributed by atoms with Crippen LogP contribution in [0.2, 0.25) is 0 Å². The highest BCUT2D eigenvalue weighted by atomic mass is 16.5. The number of nitrogens with two attached hydrogens (primary N) is 1. The number of nitrogens with one attached hydrogen (secondary N) is 1. The molecule has 0 aromatic heterocycles. The lowest BCUT2D eigenvalue weighted by Crippen LogP contribution is -2.42. The minimum Gasteiger partial charge on any atom is -0.453 e. The Morgan fingerprint density at radius 1 is 1.69 bits per heavy atom. The average molecular weight is 189 g/mol.